The topological polar surface area (TPSA) is 133 Å². The largest absolute Gasteiger partial charge is 0.469 e. The van der Waals surface area contributed by atoms with E-state index in [1.807, 2.05) is 0 Å². The van der Waals surface area contributed by atoms with Crippen LogP contribution in [0.5, 0.6) is 0 Å². The fraction of sp³-hybridized carbons (Fsp3) is 0.364. The molecule has 11 heteroatoms. The number of sulfonamides is 1. The molecule has 2 aromatic rings. The summed E-state index contributed by atoms with van der Waals surface area (Å²) in [5.41, 5.74) is 0.102. The maximum Gasteiger partial charge on any atom is 0.338 e. The van der Waals surface area contributed by atoms with Crippen LogP contribution < -0.4 is 0 Å². The van der Waals surface area contributed by atoms with E-state index in [0.717, 1.165) is 12.1 Å². The number of carbonyl (C=O) groups excluding carboxylic acids is 2. The Balaban J connectivity index is 1.63. The number of fused-ring (bicyclic) bond motifs is 2. The van der Waals surface area contributed by atoms with Gasteiger partial charge in [-0.1, -0.05) is 18.2 Å². The minimum Gasteiger partial charge on any atom is -0.469 e. The molecule has 2 fully saturated rings. The zero-order valence-electron chi connectivity index (χ0n) is 17.7. The van der Waals surface area contributed by atoms with Gasteiger partial charge in [0.05, 0.1) is 22.5 Å². The molecule has 2 aliphatic rings. The van der Waals surface area contributed by atoms with Crippen LogP contribution in [0.3, 0.4) is 0 Å². The second-order valence-corrected chi connectivity index (χ2v) is 9.82. The van der Waals surface area contributed by atoms with E-state index in [-0.39, 0.29) is 17.0 Å². The molecule has 4 rings (SSSR count). The number of nitro benzene ring substituents is 1. The Labute approximate surface area is 190 Å². The number of ether oxygens (including phenoxy) is 2. The second kappa shape index (κ2) is 8.91. The van der Waals surface area contributed by atoms with Gasteiger partial charge in [0.2, 0.25) is 10.0 Å². The number of rotatable bonds is 6. The summed E-state index contributed by atoms with van der Waals surface area (Å²) in [6.45, 7) is 0. The highest BCUT2D eigenvalue weighted by molar-refractivity contribution is 7.89. The summed E-state index contributed by atoms with van der Waals surface area (Å²) in [5, 5.41) is 10.9. The SMILES string of the molecule is COC(=O)[C@H]1[C@@H](OC(=O)c2ccccc2)C[C@@H]2CC[C@H]1N2S(=O)(=O)c1ccc([N+](=O)[O-])cc1. The summed E-state index contributed by atoms with van der Waals surface area (Å²) < 4.78 is 38.8. The van der Waals surface area contributed by atoms with E-state index in [2.05, 4.69) is 0 Å². The second-order valence-electron chi connectivity index (χ2n) is 7.98. The van der Waals surface area contributed by atoms with Gasteiger partial charge in [-0.2, -0.15) is 4.31 Å². The van der Waals surface area contributed by atoms with Crippen LogP contribution in [0.25, 0.3) is 0 Å². The lowest BCUT2D eigenvalue weighted by Gasteiger charge is -2.41. The third kappa shape index (κ3) is 4.21. The van der Waals surface area contributed by atoms with Crippen LogP contribution in [0.4, 0.5) is 5.69 Å². The Morgan fingerprint density at radius 2 is 1.73 bits per heavy atom. The molecule has 10 nitrogen and oxygen atoms in total. The Kier molecular flexibility index (Phi) is 6.17. The summed E-state index contributed by atoms with van der Waals surface area (Å²) in [7, 11) is -2.85. The van der Waals surface area contributed by atoms with Crippen LogP contribution in [-0.4, -0.2) is 54.9 Å². The van der Waals surface area contributed by atoms with Gasteiger partial charge in [-0.05, 0) is 37.1 Å². The fourth-order valence-electron chi connectivity index (χ4n) is 4.69. The van der Waals surface area contributed by atoms with Crippen molar-refractivity contribution in [3.8, 4) is 0 Å². The van der Waals surface area contributed by atoms with Gasteiger partial charge in [-0.3, -0.25) is 14.9 Å². The first-order valence-electron chi connectivity index (χ1n) is 10.4. The van der Waals surface area contributed by atoms with Crippen molar-refractivity contribution in [2.75, 3.05) is 7.11 Å². The van der Waals surface area contributed by atoms with Crippen LogP contribution in [0, 0.1) is 16.0 Å². The van der Waals surface area contributed by atoms with E-state index in [0.29, 0.717) is 18.4 Å². The first-order valence-corrected chi connectivity index (χ1v) is 11.8. The number of nitro groups is 1. The summed E-state index contributed by atoms with van der Waals surface area (Å²) >= 11 is 0. The van der Waals surface area contributed by atoms with E-state index in [1.54, 1.807) is 30.3 Å². The number of non-ortho nitro benzene ring substituents is 1. The summed E-state index contributed by atoms with van der Waals surface area (Å²) in [5.74, 6) is -2.25. The predicted octanol–water partition coefficient (Wildman–Crippen LogP) is 2.54. The van der Waals surface area contributed by atoms with Crippen molar-refractivity contribution in [1.29, 1.82) is 0 Å². The Morgan fingerprint density at radius 1 is 1.06 bits per heavy atom. The maximum atomic E-state index is 13.4. The number of methoxy groups -OCH3 is 1. The average Bonchev–Trinajstić information content (AvgIpc) is 3.15. The lowest BCUT2D eigenvalue weighted by Crippen LogP contribution is -2.56. The molecule has 2 heterocycles. The summed E-state index contributed by atoms with van der Waals surface area (Å²) in [4.78, 5) is 35.5. The average molecular weight is 474 g/mol. The lowest BCUT2D eigenvalue weighted by atomic mass is 9.89. The number of hydrogen-bond donors (Lipinski definition) is 0. The van der Waals surface area contributed by atoms with Gasteiger partial charge in [-0.25, -0.2) is 13.2 Å². The molecule has 0 unspecified atom stereocenters. The first kappa shape index (κ1) is 22.9. The molecule has 0 N–H and O–H groups in total. The monoisotopic (exact) mass is 474 g/mol. The van der Waals surface area contributed by atoms with E-state index in [9.17, 15) is 28.1 Å². The van der Waals surface area contributed by atoms with Gasteiger partial charge in [-0.15, -0.1) is 0 Å². The van der Waals surface area contributed by atoms with E-state index in [4.69, 9.17) is 9.47 Å². The number of esters is 2. The molecule has 174 valence electrons. The Bertz CT molecular complexity index is 1170. The van der Waals surface area contributed by atoms with Crippen LogP contribution in [0.1, 0.15) is 29.6 Å². The zero-order chi connectivity index (χ0) is 23.8. The minimum atomic E-state index is -4.06. The first-order chi connectivity index (χ1) is 15.7. The van der Waals surface area contributed by atoms with Crippen molar-refractivity contribution in [3.05, 3.63) is 70.3 Å². The van der Waals surface area contributed by atoms with Crippen molar-refractivity contribution in [2.24, 2.45) is 5.92 Å². The molecule has 0 spiro atoms. The lowest BCUT2D eigenvalue weighted by molar-refractivity contribution is -0.384. The molecule has 4 atom stereocenters. The van der Waals surface area contributed by atoms with Crippen molar-refractivity contribution < 1.29 is 32.4 Å². The third-order valence-corrected chi connectivity index (χ3v) is 8.16. The minimum absolute atomic E-state index is 0.103. The van der Waals surface area contributed by atoms with Gasteiger partial charge in [0.1, 0.15) is 12.0 Å². The van der Waals surface area contributed by atoms with Crippen LogP contribution >= 0.6 is 0 Å². The number of hydrogen-bond acceptors (Lipinski definition) is 8. The number of nitrogens with zero attached hydrogens (tertiary/aromatic N) is 2. The van der Waals surface area contributed by atoms with Gasteiger partial charge < -0.3 is 9.47 Å². The third-order valence-electron chi connectivity index (χ3n) is 6.17. The quantitative estimate of drug-likeness (QED) is 0.354. The molecule has 0 aromatic heterocycles. The van der Waals surface area contributed by atoms with E-state index < -0.39 is 51.0 Å². The highest BCUT2D eigenvalue weighted by atomic mass is 32.2. The molecular formula is C22H22N2O8S. The smallest absolute Gasteiger partial charge is 0.338 e. The fourth-order valence-corrected chi connectivity index (χ4v) is 6.59. The highest BCUT2D eigenvalue weighted by Gasteiger charge is 2.56. The van der Waals surface area contributed by atoms with Crippen LogP contribution in [0.2, 0.25) is 0 Å². The Hall–Kier alpha value is -3.31. The van der Waals surface area contributed by atoms with Crippen LogP contribution in [0.15, 0.2) is 59.5 Å². The van der Waals surface area contributed by atoms with Crippen molar-refractivity contribution >= 4 is 27.6 Å². The van der Waals surface area contributed by atoms with E-state index in [1.165, 1.54) is 23.5 Å². The standard InChI is InChI=1S/C22H22N2O8S/c1-31-22(26)20-18-12-9-16(13-19(20)32-21(25)14-5-3-2-4-6-14)23(18)33(29,30)17-10-7-15(8-11-17)24(27)28/h2-8,10-11,16,18-20H,9,12-13H2,1H3/t16-,18+,19-,20+/m0/s1. The van der Waals surface area contributed by atoms with Crippen molar-refractivity contribution in [2.45, 2.75) is 42.3 Å². The molecule has 0 radical (unpaired) electrons. The molecule has 0 aliphatic carbocycles. The number of carbonyl (C=O) groups is 2. The molecule has 0 saturated carbocycles. The van der Waals surface area contributed by atoms with Crippen molar-refractivity contribution in [1.82, 2.24) is 4.31 Å². The van der Waals surface area contributed by atoms with Crippen molar-refractivity contribution in [3.63, 3.8) is 0 Å². The molecule has 33 heavy (non-hydrogen) atoms. The summed E-state index contributed by atoms with van der Waals surface area (Å²) in [6, 6.07) is 11.7. The van der Waals surface area contributed by atoms with Gasteiger partial charge in [0, 0.05) is 30.6 Å². The molecule has 2 saturated heterocycles. The molecule has 0 amide bonds. The van der Waals surface area contributed by atoms with Crippen LogP contribution in [-0.2, 0) is 24.3 Å². The van der Waals surface area contributed by atoms with Gasteiger partial charge >= 0.3 is 11.9 Å². The van der Waals surface area contributed by atoms with Gasteiger partial charge in [0.15, 0.2) is 0 Å². The molecular weight excluding hydrogens is 452 g/mol. The number of piperidine rings is 1. The molecule has 2 bridgehead atoms. The predicted molar refractivity (Wildman–Crippen MR) is 115 cm³/mol. The number of benzene rings is 2. The summed E-state index contributed by atoms with van der Waals surface area (Å²) in [6.07, 6.45) is 0.187. The molecule has 2 aromatic carbocycles. The molecule has 2 aliphatic heterocycles. The van der Waals surface area contributed by atoms with E-state index >= 15 is 0 Å². The normalized spacial score (nSPS) is 24.8. The zero-order valence-corrected chi connectivity index (χ0v) is 18.5. The Morgan fingerprint density at radius 3 is 2.33 bits per heavy atom. The van der Waals surface area contributed by atoms with Gasteiger partial charge in [0.25, 0.3) is 5.69 Å². The maximum absolute atomic E-state index is 13.4. The highest BCUT2D eigenvalue weighted by Crippen LogP contribution is 2.44.